The quantitative estimate of drug-likeness (QED) is 0.855. The highest BCUT2D eigenvalue weighted by molar-refractivity contribution is 5.92. The normalized spacial score (nSPS) is 10.6. The lowest BCUT2D eigenvalue weighted by molar-refractivity contribution is -0.121. The van der Waals surface area contributed by atoms with Crippen molar-refractivity contribution in [3.63, 3.8) is 0 Å². The van der Waals surface area contributed by atoms with Crippen molar-refractivity contribution in [2.75, 3.05) is 11.9 Å². The number of hydrogen-bond acceptors (Lipinski definition) is 2. The molecule has 0 saturated carbocycles. The Kier molecular flexibility index (Phi) is 4.43. The number of benzene rings is 1. The molecule has 1 rings (SSSR count). The van der Waals surface area contributed by atoms with Crippen LogP contribution in [0.15, 0.2) is 18.2 Å². The zero-order valence-corrected chi connectivity index (χ0v) is 9.71. The third kappa shape index (κ3) is 3.62. The summed E-state index contributed by atoms with van der Waals surface area (Å²) in [6, 6.07) is 4.57. The van der Waals surface area contributed by atoms with E-state index in [1.54, 1.807) is 19.1 Å². The zero-order chi connectivity index (χ0) is 12.1. The Labute approximate surface area is 94.6 Å². The number of rotatable bonds is 4. The topological polar surface area (TPSA) is 38.3 Å². The van der Waals surface area contributed by atoms with Gasteiger partial charge in [-0.25, -0.2) is 4.39 Å². The highest BCUT2D eigenvalue weighted by Crippen LogP contribution is 2.17. The first-order chi connectivity index (χ1) is 7.50. The number of ether oxygens (including phenoxy) is 1. The van der Waals surface area contributed by atoms with Crippen molar-refractivity contribution in [3.8, 4) is 0 Å². The molecule has 0 aliphatic heterocycles. The summed E-state index contributed by atoms with van der Waals surface area (Å²) in [6.07, 6.45) is -0.000596. The molecule has 0 aromatic heterocycles. The molecule has 0 fully saturated rings. The van der Waals surface area contributed by atoms with Crippen LogP contribution in [-0.2, 0) is 9.53 Å². The molecule has 0 aliphatic carbocycles. The van der Waals surface area contributed by atoms with Gasteiger partial charge in [0, 0.05) is 11.3 Å². The van der Waals surface area contributed by atoms with Crippen LogP contribution >= 0.6 is 0 Å². The summed E-state index contributed by atoms with van der Waals surface area (Å²) >= 11 is 0. The van der Waals surface area contributed by atoms with E-state index >= 15 is 0 Å². The van der Waals surface area contributed by atoms with E-state index in [2.05, 4.69) is 5.32 Å². The first kappa shape index (κ1) is 12.6. The van der Waals surface area contributed by atoms with Crippen LogP contribution in [0.4, 0.5) is 10.1 Å². The van der Waals surface area contributed by atoms with Crippen molar-refractivity contribution in [1.29, 1.82) is 0 Å². The van der Waals surface area contributed by atoms with Crippen molar-refractivity contribution < 1.29 is 13.9 Å². The van der Waals surface area contributed by atoms with Gasteiger partial charge in [-0.15, -0.1) is 0 Å². The molecule has 4 heteroatoms. The van der Waals surface area contributed by atoms with E-state index in [4.69, 9.17) is 4.74 Å². The lowest BCUT2D eigenvalue weighted by atomic mass is 10.2. The van der Waals surface area contributed by atoms with E-state index in [-0.39, 0.29) is 24.4 Å². The second kappa shape index (κ2) is 5.61. The van der Waals surface area contributed by atoms with Gasteiger partial charge in [0.15, 0.2) is 0 Å². The van der Waals surface area contributed by atoms with Crippen LogP contribution in [0.5, 0.6) is 0 Å². The maximum Gasteiger partial charge on any atom is 0.250 e. The number of carbonyl (C=O) groups is 1. The van der Waals surface area contributed by atoms with Gasteiger partial charge in [-0.1, -0.05) is 6.07 Å². The maximum atomic E-state index is 13.2. The molecule has 88 valence electrons. The van der Waals surface area contributed by atoms with Crippen LogP contribution in [-0.4, -0.2) is 18.6 Å². The number of amides is 1. The van der Waals surface area contributed by atoms with Gasteiger partial charge in [0.1, 0.15) is 12.4 Å². The summed E-state index contributed by atoms with van der Waals surface area (Å²) in [5.41, 5.74) is 0.915. The summed E-state index contributed by atoms with van der Waals surface area (Å²) in [4.78, 5) is 11.4. The highest BCUT2D eigenvalue weighted by atomic mass is 19.1. The van der Waals surface area contributed by atoms with Crippen LogP contribution in [0.1, 0.15) is 19.4 Å². The van der Waals surface area contributed by atoms with Crippen LogP contribution in [0, 0.1) is 12.7 Å². The lowest BCUT2D eigenvalue weighted by Gasteiger charge is -2.10. The van der Waals surface area contributed by atoms with Crippen LogP contribution in [0.25, 0.3) is 0 Å². The number of halogens is 1. The predicted molar refractivity (Wildman–Crippen MR) is 60.9 cm³/mol. The first-order valence-electron chi connectivity index (χ1n) is 5.17. The van der Waals surface area contributed by atoms with Crippen molar-refractivity contribution in [3.05, 3.63) is 29.6 Å². The van der Waals surface area contributed by atoms with E-state index < -0.39 is 0 Å². The largest absolute Gasteiger partial charge is 0.369 e. The molecule has 1 N–H and O–H groups in total. The molecular formula is C12H16FNO2. The summed E-state index contributed by atoms with van der Waals surface area (Å²) < 4.78 is 18.3. The Morgan fingerprint density at radius 2 is 2.19 bits per heavy atom. The molecule has 0 unspecified atom stereocenters. The minimum Gasteiger partial charge on any atom is -0.369 e. The van der Waals surface area contributed by atoms with Crippen molar-refractivity contribution in [2.24, 2.45) is 0 Å². The second-order valence-corrected chi connectivity index (χ2v) is 3.82. The van der Waals surface area contributed by atoms with Gasteiger partial charge >= 0.3 is 0 Å². The van der Waals surface area contributed by atoms with Gasteiger partial charge < -0.3 is 10.1 Å². The fraction of sp³-hybridized carbons (Fsp3) is 0.417. The Hall–Kier alpha value is -1.42. The molecule has 0 heterocycles. The third-order valence-corrected chi connectivity index (χ3v) is 2.09. The Bertz CT molecular complexity index is 377. The summed E-state index contributed by atoms with van der Waals surface area (Å²) in [5.74, 6) is -0.607. The van der Waals surface area contributed by atoms with E-state index in [0.717, 1.165) is 0 Å². The van der Waals surface area contributed by atoms with Gasteiger partial charge in [-0.2, -0.15) is 0 Å². The Morgan fingerprint density at radius 1 is 1.50 bits per heavy atom. The zero-order valence-electron chi connectivity index (χ0n) is 9.71. The fourth-order valence-electron chi connectivity index (χ4n) is 1.17. The average Bonchev–Trinajstić information content (AvgIpc) is 2.22. The molecule has 0 spiro atoms. The molecule has 1 aromatic rings. The van der Waals surface area contributed by atoms with Crippen LogP contribution < -0.4 is 5.32 Å². The Morgan fingerprint density at radius 3 is 2.81 bits per heavy atom. The smallest absolute Gasteiger partial charge is 0.250 e. The molecule has 1 amide bonds. The molecule has 0 radical (unpaired) electrons. The Balaban J connectivity index is 2.59. The number of hydrogen-bond donors (Lipinski definition) is 1. The molecule has 16 heavy (non-hydrogen) atoms. The predicted octanol–water partition coefficient (Wildman–Crippen LogP) is 2.50. The van der Waals surface area contributed by atoms with E-state index in [1.807, 2.05) is 13.8 Å². The minimum atomic E-state index is -0.331. The molecule has 0 bridgehead atoms. The van der Waals surface area contributed by atoms with Crippen molar-refractivity contribution in [1.82, 2.24) is 0 Å². The standard InChI is InChI=1S/C12H16FNO2/c1-8(2)16-7-12(15)14-11-6-4-5-10(13)9(11)3/h4-6,8H,7H2,1-3H3,(H,14,15). The fourth-order valence-corrected chi connectivity index (χ4v) is 1.17. The average molecular weight is 225 g/mol. The molecule has 3 nitrogen and oxygen atoms in total. The van der Waals surface area contributed by atoms with Crippen molar-refractivity contribution in [2.45, 2.75) is 26.9 Å². The monoisotopic (exact) mass is 225 g/mol. The molecule has 0 aliphatic rings. The molecule has 1 aromatic carbocycles. The molecule has 0 atom stereocenters. The first-order valence-corrected chi connectivity index (χ1v) is 5.17. The summed E-state index contributed by atoms with van der Waals surface area (Å²) in [7, 11) is 0. The van der Waals surface area contributed by atoms with Gasteiger partial charge in [0.25, 0.3) is 0 Å². The van der Waals surface area contributed by atoms with Gasteiger partial charge in [-0.3, -0.25) is 4.79 Å². The SMILES string of the molecule is Cc1c(F)cccc1NC(=O)COC(C)C. The third-order valence-electron chi connectivity index (χ3n) is 2.09. The lowest BCUT2D eigenvalue weighted by Crippen LogP contribution is -2.21. The maximum absolute atomic E-state index is 13.2. The van der Waals surface area contributed by atoms with Crippen LogP contribution in [0.2, 0.25) is 0 Å². The molecular weight excluding hydrogens is 209 g/mol. The minimum absolute atomic E-state index is 0.000596. The highest BCUT2D eigenvalue weighted by Gasteiger charge is 2.08. The van der Waals surface area contributed by atoms with Gasteiger partial charge in [0.05, 0.1) is 6.10 Å². The van der Waals surface area contributed by atoms with Crippen molar-refractivity contribution >= 4 is 11.6 Å². The van der Waals surface area contributed by atoms with E-state index in [0.29, 0.717) is 11.3 Å². The van der Waals surface area contributed by atoms with Crippen LogP contribution in [0.3, 0.4) is 0 Å². The molecule has 0 saturated heterocycles. The number of anilines is 1. The van der Waals surface area contributed by atoms with E-state index in [1.165, 1.54) is 6.07 Å². The number of nitrogens with one attached hydrogen (secondary N) is 1. The number of carbonyl (C=O) groups excluding carboxylic acids is 1. The van der Waals surface area contributed by atoms with Gasteiger partial charge in [-0.05, 0) is 32.9 Å². The summed E-state index contributed by atoms with van der Waals surface area (Å²) in [6.45, 7) is 5.29. The summed E-state index contributed by atoms with van der Waals surface area (Å²) in [5, 5.41) is 2.60. The second-order valence-electron chi connectivity index (χ2n) is 3.82. The van der Waals surface area contributed by atoms with Gasteiger partial charge in [0.2, 0.25) is 5.91 Å². The van der Waals surface area contributed by atoms with E-state index in [9.17, 15) is 9.18 Å².